The van der Waals surface area contributed by atoms with Crippen molar-refractivity contribution in [3.8, 4) is 0 Å². The van der Waals surface area contributed by atoms with Crippen LogP contribution in [-0.2, 0) is 25.6 Å². The Morgan fingerprint density at radius 2 is 1.79 bits per heavy atom. The molecule has 1 unspecified atom stereocenters. The van der Waals surface area contributed by atoms with Crippen LogP contribution < -0.4 is 10.3 Å². The molecular formula is C31H34FN3O7. The fourth-order valence-electron chi connectivity index (χ4n) is 5.43. The van der Waals surface area contributed by atoms with E-state index in [-0.39, 0.29) is 36.8 Å². The SMILES string of the molecule is CC1(C)OCC(COC(=O)c2cn(C3CC3)c3cc(N4CCN(C(=O)OCc5ccccc5)CC4)c(F)cc3c2=O)O1. The van der Waals surface area contributed by atoms with E-state index in [0.29, 0.717) is 37.4 Å². The zero-order chi connectivity index (χ0) is 29.4. The third-order valence-electron chi connectivity index (χ3n) is 7.81. The lowest BCUT2D eigenvalue weighted by Crippen LogP contribution is -2.49. The summed E-state index contributed by atoms with van der Waals surface area (Å²) in [5.41, 5.74) is 1.11. The fraction of sp³-hybridized carbons (Fsp3) is 0.452. The van der Waals surface area contributed by atoms with Crippen molar-refractivity contribution in [3.05, 3.63) is 75.8 Å². The molecule has 11 heteroatoms. The van der Waals surface area contributed by atoms with Crippen LogP contribution in [0.5, 0.6) is 0 Å². The lowest BCUT2D eigenvalue weighted by atomic mass is 10.1. The Morgan fingerprint density at radius 1 is 1.05 bits per heavy atom. The zero-order valence-electron chi connectivity index (χ0n) is 23.7. The maximum absolute atomic E-state index is 15.5. The molecule has 10 nitrogen and oxygen atoms in total. The van der Waals surface area contributed by atoms with E-state index in [0.717, 1.165) is 18.4 Å². The number of halogens is 1. The number of hydrogen-bond acceptors (Lipinski definition) is 8. The van der Waals surface area contributed by atoms with Crippen molar-refractivity contribution in [2.75, 3.05) is 44.3 Å². The van der Waals surface area contributed by atoms with Gasteiger partial charge in [0.15, 0.2) is 5.79 Å². The summed E-state index contributed by atoms with van der Waals surface area (Å²) in [4.78, 5) is 42.4. The molecule has 2 aliphatic heterocycles. The summed E-state index contributed by atoms with van der Waals surface area (Å²) in [7, 11) is 0. The maximum atomic E-state index is 15.5. The highest BCUT2D eigenvalue weighted by Gasteiger charge is 2.34. The Hall–Kier alpha value is -3.96. The molecule has 42 heavy (non-hydrogen) atoms. The Labute approximate surface area is 242 Å². The summed E-state index contributed by atoms with van der Waals surface area (Å²) >= 11 is 0. The van der Waals surface area contributed by atoms with Gasteiger partial charge in [-0.2, -0.15) is 0 Å². The first-order valence-electron chi connectivity index (χ1n) is 14.3. The molecule has 2 saturated heterocycles. The first-order valence-corrected chi connectivity index (χ1v) is 14.3. The predicted molar refractivity (Wildman–Crippen MR) is 152 cm³/mol. The van der Waals surface area contributed by atoms with Gasteiger partial charge in [-0.05, 0) is 44.4 Å². The summed E-state index contributed by atoms with van der Waals surface area (Å²) in [6.45, 7) is 5.52. The van der Waals surface area contributed by atoms with Crippen molar-refractivity contribution >= 4 is 28.7 Å². The number of rotatable bonds is 7. The van der Waals surface area contributed by atoms with E-state index in [1.165, 1.54) is 12.3 Å². The van der Waals surface area contributed by atoms with Gasteiger partial charge in [0.1, 0.15) is 30.7 Å². The molecule has 1 amide bonds. The quantitative estimate of drug-likeness (QED) is 0.384. The van der Waals surface area contributed by atoms with Crippen LogP contribution in [0.25, 0.3) is 10.9 Å². The largest absolute Gasteiger partial charge is 0.459 e. The fourth-order valence-corrected chi connectivity index (χ4v) is 5.43. The molecule has 6 rings (SSSR count). The summed E-state index contributed by atoms with van der Waals surface area (Å²) in [6, 6.07) is 12.5. The number of esters is 1. The van der Waals surface area contributed by atoms with Crippen LogP contribution in [0.4, 0.5) is 14.9 Å². The van der Waals surface area contributed by atoms with E-state index in [1.54, 1.807) is 24.8 Å². The topological polar surface area (TPSA) is 99.5 Å². The maximum Gasteiger partial charge on any atom is 0.410 e. The van der Waals surface area contributed by atoms with E-state index in [1.807, 2.05) is 39.8 Å². The lowest BCUT2D eigenvalue weighted by Gasteiger charge is -2.35. The number of pyridine rings is 1. The highest BCUT2D eigenvalue weighted by atomic mass is 19.1. The van der Waals surface area contributed by atoms with Crippen LogP contribution in [0.15, 0.2) is 53.5 Å². The van der Waals surface area contributed by atoms with Gasteiger partial charge in [-0.25, -0.2) is 14.0 Å². The molecule has 0 radical (unpaired) electrons. The van der Waals surface area contributed by atoms with E-state index < -0.39 is 35.2 Å². The highest BCUT2D eigenvalue weighted by molar-refractivity contribution is 5.94. The third kappa shape index (κ3) is 5.98. The van der Waals surface area contributed by atoms with Gasteiger partial charge in [0.2, 0.25) is 5.43 Å². The normalized spacial score (nSPS) is 20.1. The number of aromatic nitrogens is 1. The third-order valence-corrected chi connectivity index (χ3v) is 7.81. The van der Waals surface area contributed by atoms with Gasteiger partial charge in [0, 0.05) is 43.8 Å². The molecule has 0 bridgehead atoms. The minimum Gasteiger partial charge on any atom is -0.459 e. The number of piperazine rings is 1. The Bertz CT molecular complexity index is 1550. The standard InChI is InChI=1S/C31H34FN3O7/c1-31(2)41-19-22(42-31)18-39-29(37)24-16-35(21-8-9-21)26-15-27(25(32)14-23(26)28(24)36)33-10-12-34(13-11-33)30(38)40-17-20-6-4-3-5-7-20/h3-7,14-16,21-22H,8-13,17-19H2,1-2H3. The van der Waals surface area contributed by atoms with Crippen molar-refractivity contribution in [1.82, 2.24) is 9.47 Å². The molecule has 222 valence electrons. The molecule has 0 spiro atoms. The van der Waals surface area contributed by atoms with Crippen LogP contribution in [0.2, 0.25) is 0 Å². The van der Waals surface area contributed by atoms with Gasteiger partial charge in [0.05, 0.1) is 17.8 Å². The van der Waals surface area contributed by atoms with Crippen LogP contribution in [0.3, 0.4) is 0 Å². The summed E-state index contributed by atoms with van der Waals surface area (Å²) < 4.78 is 39.4. The number of fused-ring (bicyclic) bond motifs is 1. The van der Waals surface area contributed by atoms with Gasteiger partial charge < -0.3 is 33.3 Å². The smallest absolute Gasteiger partial charge is 0.410 e. The molecule has 1 aromatic heterocycles. The van der Waals surface area contributed by atoms with Crippen LogP contribution >= 0.6 is 0 Å². The van der Waals surface area contributed by atoms with Gasteiger partial charge in [-0.15, -0.1) is 0 Å². The van der Waals surface area contributed by atoms with Crippen molar-refractivity contribution in [1.29, 1.82) is 0 Å². The average molecular weight is 580 g/mol. The summed E-state index contributed by atoms with van der Waals surface area (Å²) in [5.74, 6) is -2.10. The molecule has 1 saturated carbocycles. The minimum atomic E-state index is -0.774. The van der Waals surface area contributed by atoms with E-state index in [4.69, 9.17) is 18.9 Å². The number of ether oxygens (including phenoxy) is 4. The number of benzene rings is 2. The molecular weight excluding hydrogens is 545 g/mol. The van der Waals surface area contributed by atoms with Gasteiger partial charge in [-0.3, -0.25) is 4.79 Å². The minimum absolute atomic E-state index is 0.0533. The predicted octanol–water partition coefficient (Wildman–Crippen LogP) is 4.24. The first-order chi connectivity index (χ1) is 20.2. The molecule has 1 aliphatic carbocycles. The highest BCUT2D eigenvalue weighted by Crippen LogP contribution is 2.38. The molecule has 2 aromatic carbocycles. The Kier molecular flexibility index (Phi) is 7.63. The van der Waals surface area contributed by atoms with E-state index in [2.05, 4.69) is 0 Å². The second-order valence-electron chi connectivity index (χ2n) is 11.4. The average Bonchev–Trinajstić information content (AvgIpc) is 3.77. The Balaban J connectivity index is 1.17. The van der Waals surface area contributed by atoms with Crippen molar-refractivity contribution in [2.45, 2.75) is 51.2 Å². The monoisotopic (exact) mass is 579 g/mol. The molecule has 3 aromatic rings. The molecule has 3 heterocycles. The number of hydrogen-bond donors (Lipinski definition) is 0. The van der Waals surface area contributed by atoms with Crippen LogP contribution in [0.1, 0.15) is 48.7 Å². The van der Waals surface area contributed by atoms with Crippen molar-refractivity contribution in [2.24, 2.45) is 0 Å². The molecule has 1 atom stereocenters. The first kappa shape index (κ1) is 28.2. The molecule has 3 aliphatic rings. The summed E-state index contributed by atoms with van der Waals surface area (Å²) in [5, 5.41) is 0.127. The lowest BCUT2D eigenvalue weighted by molar-refractivity contribution is -0.142. The number of carbonyl (C=O) groups is 2. The number of amides is 1. The van der Waals surface area contributed by atoms with Gasteiger partial charge in [-0.1, -0.05) is 30.3 Å². The number of anilines is 1. The van der Waals surface area contributed by atoms with Gasteiger partial charge in [0.25, 0.3) is 0 Å². The summed E-state index contributed by atoms with van der Waals surface area (Å²) in [6.07, 6.45) is 2.48. The van der Waals surface area contributed by atoms with Gasteiger partial charge >= 0.3 is 12.1 Å². The van der Waals surface area contributed by atoms with Crippen LogP contribution in [0, 0.1) is 5.82 Å². The van der Waals surface area contributed by atoms with Crippen molar-refractivity contribution in [3.63, 3.8) is 0 Å². The Morgan fingerprint density at radius 3 is 2.45 bits per heavy atom. The van der Waals surface area contributed by atoms with Crippen LogP contribution in [-0.4, -0.2) is 72.8 Å². The molecule has 0 N–H and O–H groups in total. The number of nitrogens with zero attached hydrogens (tertiary/aromatic N) is 3. The van der Waals surface area contributed by atoms with Crippen molar-refractivity contribution < 1.29 is 32.9 Å². The van der Waals surface area contributed by atoms with E-state index in [9.17, 15) is 14.4 Å². The molecule has 3 fully saturated rings. The second kappa shape index (κ2) is 11.4. The number of carbonyl (C=O) groups excluding carboxylic acids is 2. The van der Waals surface area contributed by atoms with E-state index >= 15 is 4.39 Å². The zero-order valence-corrected chi connectivity index (χ0v) is 23.7. The second-order valence-corrected chi connectivity index (χ2v) is 11.4.